The third-order valence-electron chi connectivity index (χ3n) is 4.37. The first-order valence-corrected chi connectivity index (χ1v) is 8.93. The van der Waals surface area contributed by atoms with Crippen LogP contribution < -0.4 is 14.8 Å². The van der Waals surface area contributed by atoms with Gasteiger partial charge in [0, 0.05) is 13.6 Å². The van der Waals surface area contributed by atoms with Crippen molar-refractivity contribution in [1.82, 2.24) is 10.2 Å². The maximum absolute atomic E-state index is 12.9. The number of furan rings is 1. The molecule has 144 valence electrons. The Morgan fingerprint density at radius 3 is 2.56 bits per heavy atom. The van der Waals surface area contributed by atoms with Crippen LogP contribution in [0.25, 0.3) is 0 Å². The summed E-state index contributed by atoms with van der Waals surface area (Å²) in [5.74, 6) is 0.942. The Hall–Kier alpha value is -2.96. The molecule has 1 atom stereocenters. The number of nitrogens with one attached hydrogen (secondary N) is 1. The fourth-order valence-corrected chi connectivity index (χ4v) is 2.91. The number of likely N-dealkylation sites (N-methyl/N-ethyl adjacent to an activating group) is 1. The number of amides is 2. The van der Waals surface area contributed by atoms with Crippen LogP contribution in [0.2, 0.25) is 0 Å². The molecular weight excluding hydrogens is 348 g/mol. The quantitative estimate of drug-likeness (QED) is 0.842. The monoisotopic (exact) mass is 372 g/mol. The van der Waals surface area contributed by atoms with E-state index in [1.807, 2.05) is 32.0 Å². The summed E-state index contributed by atoms with van der Waals surface area (Å²) in [4.78, 5) is 26.8. The predicted octanol–water partition coefficient (Wildman–Crippen LogP) is 2.46. The highest BCUT2D eigenvalue weighted by Gasteiger charge is 2.28. The van der Waals surface area contributed by atoms with Crippen molar-refractivity contribution in [2.24, 2.45) is 5.92 Å². The van der Waals surface area contributed by atoms with Gasteiger partial charge in [-0.25, -0.2) is 0 Å². The van der Waals surface area contributed by atoms with Gasteiger partial charge >= 0.3 is 0 Å². The second-order valence-corrected chi connectivity index (χ2v) is 6.84. The summed E-state index contributed by atoms with van der Waals surface area (Å²) < 4.78 is 16.2. The molecule has 2 amide bonds. The van der Waals surface area contributed by atoms with Gasteiger partial charge < -0.3 is 24.1 Å². The molecule has 2 aromatic rings. The van der Waals surface area contributed by atoms with Crippen molar-refractivity contribution in [3.05, 3.63) is 47.9 Å². The minimum absolute atomic E-state index is 0.0703. The van der Waals surface area contributed by atoms with Crippen molar-refractivity contribution in [3.8, 4) is 11.5 Å². The summed E-state index contributed by atoms with van der Waals surface area (Å²) in [5.41, 5.74) is 0.926. The molecule has 1 aromatic heterocycles. The van der Waals surface area contributed by atoms with E-state index < -0.39 is 11.9 Å². The van der Waals surface area contributed by atoms with Crippen molar-refractivity contribution in [2.45, 2.75) is 26.4 Å². The highest BCUT2D eigenvalue weighted by Crippen LogP contribution is 2.31. The zero-order valence-corrected chi connectivity index (χ0v) is 15.7. The fraction of sp³-hybridized carbons (Fsp3) is 0.400. The number of hydrogen-bond acceptors (Lipinski definition) is 5. The van der Waals surface area contributed by atoms with E-state index in [2.05, 4.69) is 5.32 Å². The number of benzene rings is 1. The van der Waals surface area contributed by atoms with E-state index in [1.54, 1.807) is 24.1 Å². The van der Waals surface area contributed by atoms with E-state index in [4.69, 9.17) is 13.9 Å². The Morgan fingerprint density at radius 1 is 1.15 bits per heavy atom. The van der Waals surface area contributed by atoms with E-state index in [-0.39, 0.29) is 17.6 Å². The number of nitrogens with zero attached hydrogens (tertiary/aromatic N) is 1. The summed E-state index contributed by atoms with van der Waals surface area (Å²) in [6, 6.07) is 8.18. The molecular formula is C20H24N2O5. The predicted molar refractivity (Wildman–Crippen MR) is 98.7 cm³/mol. The smallest absolute Gasteiger partial charge is 0.287 e. The summed E-state index contributed by atoms with van der Waals surface area (Å²) in [6.07, 6.45) is 1.43. The molecule has 3 rings (SSSR count). The van der Waals surface area contributed by atoms with Crippen LogP contribution in [-0.2, 0) is 11.3 Å². The van der Waals surface area contributed by atoms with Crippen LogP contribution in [-0.4, -0.2) is 43.0 Å². The third-order valence-corrected chi connectivity index (χ3v) is 4.37. The Bertz CT molecular complexity index is 801. The molecule has 1 unspecified atom stereocenters. The number of carbonyl (C=O) groups excluding carboxylic acids is 2. The lowest BCUT2D eigenvalue weighted by Crippen LogP contribution is -2.49. The summed E-state index contributed by atoms with van der Waals surface area (Å²) in [5, 5.41) is 2.77. The van der Waals surface area contributed by atoms with Crippen LogP contribution in [0.15, 0.2) is 41.0 Å². The third kappa shape index (κ3) is 4.42. The van der Waals surface area contributed by atoms with Crippen LogP contribution in [0.1, 0.15) is 30.0 Å². The van der Waals surface area contributed by atoms with E-state index in [1.165, 1.54) is 6.26 Å². The molecule has 0 spiro atoms. The molecule has 2 heterocycles. The molecule has 0 radical (unpaired) electrons. The molecule has 0 bridgehead atoms. The molecule has 27 heavy (non-hydrogen) atoms. The van der Waals surface area contributed by atoms with E-state index >= 15 is 0 Å². The molecule has 0 saturated heterocycles. The Labute approximate surface area is 158 Å². The van der Waals surface area contributed by atoms with Gasteiger partial charge in [0.25, 0.3) is 5.91 Å². The average molecular weight is 372 g/mol. The Kier molecular flexibility index (Phi) is 5.69. The van der Waals surface area contributed by atoms with Crippen molar-refractivity contribution in [3.63, 3.8) is 0 Å². The molecule has 0 aliphatic carbocycles. The maximum Gasteiger partial charge on any atom is 0.287 e. The van der Waals surface area contributed by atoms with Crippen molar-refractivity contribution in [2.75, 3.05) is 20.3 Å². The maximum atomic E-state index is 12.9. The number of fused-ring (bicyclic) bond motifs is 1. The fourth-order valence-electron chi connectivity index (χ4n) is 2.91. The van der Waals surface area contributed by atoms with Gasteiger partial charge in [-0.15, -0.1) is 0 Å². The Balaban J connectivity index is 1.67. The lowest BCUT2D eigenvalue weighted by molar-refractivity contribution is -0.133. The van der Waals surface area contributed by atoms with E-state index in [0.717, 1.165) is 5.56 Å². The van der Waals surface area contributed by atoms with Crippen molar-refractivity contribution < 1.29 is 23.5 Å². The Morgan fingerprint density at radius 2 is 1.89 bits per heavy atom. The van der Waals surface area contributed by atoms with Crippen molar-refractivity contribution >= 4 is 11.8 Å². The molecule has 7 heteroatoms. The second-order valence-electron chi connectivity index (χ2n) is 6.84. The van der Waals surface area contributed by atoms with Gasteiger partial charge in [0.1, 0.15) is 19.3 Å². The number of carbonyl (C=O) groups is 2. The first kappa shape index (κ1) is 18.8. The van der Waals surface area contributed by atoms with Gasteiger partial charge in [-0.2, -0.15) is 0 Å². The molecule has 1 aromatic carbocycles. The zero-order chi connectivity index (χ0) is 19.4. The molecule has 0 fully saturated rings. The number of ether oxygens (including phenoxy) is 2. The van der Waals surface area contributed by atoms with Crippen LogP contribution in [0, 0.1) is 5.92 Å². The van der Waals surface area contributed by atoms with Gasteiger partial charge in [0.05, 0.1) is 6.26 Å². The van der Waals surface area contributed by atoms with E-state index in [9.17, 15) is 9.59 Å². The molecule has 1 aliphatic rings. The number of rotatable bonds is 6. The number of hydrogen-bond donors (Lipinski definition) is 1. The highest BCUT2D eigenvalue weighted by molar-refractivity contribution is 5.95. The van der Waals surface area contributed by atoms with Gasteiger partial charge in [-0.3, -0.25) is 9.59 Å². The summed E-state index contributed by atoms with van der Waals surface area (Å²) >= 11 is 0. The van der Waals surface area contributed by atoms with Gasteiger partial charge in [-0.1, -0.05) is 19.9 Å². The van der Waals surface area contributed by atoms with Gasteiger partial charge in [0.2, 0.25) is 5.91 Å². The topological polar surface area (TPSA) is 81.0 Å². The summed E-state index contributed by atoms with van der Waals surface area (Å²) in [6.45, 7) is 5.23. The molecule has 1 aliphatic heterocycles. The minimum Gasteiger partial charge on any atom is -0.486 e. The minimum atomic E-state index is -0.648. The zero-order valence-electron chi connectivity index (χ0n) is 15.7. The standard InChI is InChI=1S/C20H24N2O5/c1-13(2)18(21-19(23)16-5-4-8-25-16)20(24)22(3)12-14-6-7-15-17(11-14)27-10-9-26-15/h4-8,11,13,18H,9-10,12H2,1-3H3,(H,21,23). The molecule has 1 N–H and O–H groups in total. The van der Waals surface area contributed by atoms with Crippen LogP contribution in [0.4, 0.5) is 0 Å². The highest BCUT2D eigenvalue weighted by atomic mass is 16.6. The molecule has 0 saturated carbocycles. The summed E-state index contributed by atoms with van der Waals surface area (Å²) in [7, 11) is 1.72. The first-order chi connectivity index (χ1) is 13.0. The van der Waals surface area contributed by atoms with Gasteiger partial charge in [0.15, 0.2) is 17.3 Å². The average Bonchev–Trinajstić information content (AvgIpc) is 3.20. The van der Waals surface area contributed by atoms with Crippen LogP contribution >= 0.6 is 0 Å². The van der Waals surface area contributed by atoms with Crippen LogP contribution in [0.5, 0.6) is 11.5 Å². The van der Waals surface area contributed by atoms with Crippen LogP contribution in [0.3, 0.4) is 0 Å². The SMILES string of the molecule is CC(C)C(NC(=O)c1ccco1)C(=O)N(C)Cc1ccc2c(c1)OCCO2. The largest absolute Gasteiger partial charge is 0.486 e. The lowest BCUT2D eigenvalue weighted by atomic mass is 10.0. The second kappa shape index (κ2) is 8.16. The lowest BCUT2D eigenvalue weighted by Gasteiger charge is -2.27. The van der Waals surface area contributed by atoms with E-state index in [0.29, 0.717) is 31.3 Å². The van der Waals surface area contributed by atoms with Crippen molar-refractivity contribution in [1.29, 1.82) is 0 Å². The first-order valence-electron chi connectivity index (χ1n) is 8.93. The van der Waals surface area contributed by atoms with Gasteiger partial charge in [-0.05, 0) is 35.7 Å². The molecule has 7 nitrogen and oxygen atoms in total. The normalized spacial score (nSPS) is 13.9.